The van der Waals surface area contributed by atoms with Gasteiger partial charge in [0.1, 0.15) is 5.78 Å². The van der Waals surface area contributed by atoms with Gasteiger partial charge < -0.3 is 10.1 Å². The van der Waals surface area contributed by atoms with E-state index in [-0.39, 0.29) is 11.2 Å². The minimum absolute atomic E-state index is 0.0620. The monoisotopic (exact) mass is 345 g/mol. The molecule has 0 atom stereocenters. The number of amides is 1. The molecule has 0 aromatic rings. The van der Waals surface area contributed by atoms with Crippen molar-refractivity contribution in [2.24, 2.45) is 5.92 Å². The van der Waals surface area contributed by atoms with E-state index in [1.807, 2.05) is 13.8 Å². The summed E-state index contributed by atoms with van der Waals surface area (Å²) in [7, 11) is 0. The van der Waals surface area contributed by atoms with Gasteiger partial charge in [-0.05, 0) is 31.9 Å². The second-order valence-electron chi connectivity index (χ2n) is 6.23. The number of carbonyl (C=O) groups excluding carboxylic acids is 2. The molecule has 0 aliphatic heterocycles. The summed E-state index contributed by atoms with van der Waals surface area (Å²) < 4.78 is 5.62. The van der Waals surface area contributed by atoms with E-state index in [2.05, 4.69) is 5.32 Å². The Morgan fingerprint density at radius 2 is 1.48 bits per heavy atom. The summed E-state index contributed by atoms with van der Waals surface area (Å²) >= 11 is 1.23. The molecule has 0 aromatic heterocycles. The first kappa shape index (κ1) is 22.4. The molecule has 0 rings (SSSR count). The van der Waals surface area contributed by atoms with Crippen molar-refractivity contribution in [3.63, 3.8) is 0 Å². The number of ketones is 1. The second kappa shape index (κ2) is 16.3. The average Bonchev–Trinajstić information content (AvgIpc) is 2.54. The molecule has 0 bridgehead atoms. The van der Waals surface area contributed by atoms with E-state index < -0.39 is 0 Å². The van der Waals surface area contributed by atoms with Gasteiger partial charge in [-0.15, -0.1) is 0 Å². The number of thioether (sulfide) groups is 1. The zero-order chi connectivity index (χ0) is 17.3. The van der Waals surface area contributed by atoms with Crippen LogP contribution >= 0.6 is 11.8 Å². The Morgan fingerprint density at radius 3 is 2.09 bits per heavy atom. The van der Waals surface area contributed by atoms with Gasteiger partial charge >= 0.3 is 0 Å². The summed E-state index contributed by atoms with van der Waals surface area (Å²) in [6, 6.07) is 0. The van der Waals surface area contributed by atoms with E-state index in [4.69, 9.17) is 4.74 Å². The summed E-state index contributed by atoms with van der Waals surface area (Å²) in [4.78, 5) is 22.4. The predicted molar refractivity (Wildman–Crippen MR) is 99.1 cm³/mol. The molecule has 0 radical (unpaired) electrons. The van der Waals surface area contributed by atoms with Crippen LogP contribution in [0, 0.1) is 5.92 Å². The molecule has 0 heterocycles. The Bertz CT molecular complexity index is 309. The molecule has 0 saturated carbocycles. The smallest absolute Gasteiger partial charge is 0.278 e. The van der Waals surface area contributed by atoms with Gasteiger partial charge in [0.05, 0.1) is 0 Å². The van der Waals surface area contributed by atoms with Crippen LogP contribution in [0.15, 0.2) is 0 Å². The lowest BCUT2D eigenvalue weighted by atomic mass is 10.0. The molecule has 0 aromatic carbocycles. The van der Waals surface area contributed by atoms with Crippen LogP contribution in [-0.4, -0.2) is 37.0 Å². The number of nitrogens with one attached hydrogen (secondary N) is 1. The third-order valence-corrected chi connectivity index (χ3v) is 4.29. The van der Waals surface area contributed by atoms with Gasteiger partial charge in [-0.1, -0.05) is 51.3 Å². The van der Waals surface area contributed by atoms with E-state index in [9.17, 15) is 9.59 Å². The van der Waals surface area contributed by atoms with E-state index in [0.717, 1.165) is 58.3 Å². The predicted octanol–water partition coefficient (Wildman–Crippen LogP) is 4.81. The van der Waals surface area contributed by atoms with Crippen molar-refractivity contribution in [1.29, 1.82) is 0 Å². The highest BCUT2D eigenvalue weighted by molar-refractivity contribution is 8.12. The van der Waals surface area contributed by atoms with Crippen LogP contribution in [-0.2, 0) is 9.53 Å². The minimum atomic E-state index is 0.0620. The zero-order valence-electron chi connectivity index (χ0n) is 15.2. The number of unbranched alkanes of at least 4 members (excludes halogenated alkanes) is 6. The van der Waals surface area contributed by atoms with Gasteiger partial charge in [0.25, 0.3) is 5.24 Å². The Balaban J connectivity index is 3.11. The molecule has 136 valence electrons. The maximum atomic E-state index is 11.4. The van der Waals surface area contributed by atoms with Crippen LogP contribution in [0.3, 0.4) is 0 Å². The lowest BCUT2D eigenvalue weighted by Crippen LogP contribution is -2.19. The molecule has 0 unspecified atom stereocenters. The first-order chi connectivity index (χ1) is 11.1. The molecule has 23 heavy (non-hydrogen) atoms. The molecule has 5 heteroatoms. The Hall–Kier alpha value is -0.550. The van der Waals surface area contributed by atoms with Crippen molar-refractivity contribution in [2.45, 2.75) is 71.6 Å². The normalized spacial score (nSPS) is 11.0. The van der Waals surface area contributed by atoms with Crippen LogP contribution < -0.4 is 5.32 Å². The second-order valence-corrected chi connectivity index (χ2v) is 7.01. The molecule has 0 fully saturated rings. The highest BCUT2D eigenvalue weighted by Crippen LogP contribution is 2.07. The van der Waals surface area contributed by atoms with Crippen LogP contribution in [0.5, 0.6) is 0 Å². The Labute approximate surface area is 146 Å². The molecular formula is C18H35NO3S. The average molecular weight is 346 g/mol. The molecule has 0 spiro atoms. The summed E-state index contributed by atoms with van der Waals surface area (Å²) in [5, 5.41) is 2.92. The van der Waals surface area contributed by atoms with Crippen molar-refractivity contribution in [2.75, 3.05) is 26.0 Å². The van der Waals surface area contributed by atoms with E-state index in [1.54, 1.807) is 6.26 Å². The van der Waals surface area contributed by atoms with Crippen molar-refractivity contribution in [3.05, 3.63) is 0 Å². The topological polar surface area (TPSA) is 55.4 Å². The lowest BCUT2D eigenvalue weighted by molar-refractivity contribution is -0.122. The van der Waals surface area contributed by atoms with Gasteiger partial charge in [-0.3, -0.25) is 9.59 Å². The third-order valence-electron chi connectivity index (χ3n) is 3.78. The van der Waals surface area contributed by atoms with Crippen molar-refractivity contribution < 1.29 is 14.3 Å². The highest BCUT2D eigenvalue weighted by Gasteiger charge is 2.05. The fourth-order valence-electron chi connectivity index (χ4n) is 2.19. The summed E-state index contributed by atoms with van der Waals surface area (Å²) in [5.41, 5.74) is 0. The van der Waals surface area contributed by atoms with Crippen LogP contribution in [0.25, 0.3) is 0 Å². The molecule has 1 amide bonds. The maximum Gasteiger partial charge on any atom is 0.278 e. The molecular weight excluding hydrogens is 310 g/mol. The first-order valence-electron chi connectivity index (χ1n) is 9.00. The quantitative estimate of drug-likeness (QED) is 0.433. The van der Waals surface area contributed by atoms with Gasteiger partial charge in [-0.2, -0.15) is 0 Å². The van der Waals surface area contributed by atoms with Gasteiger partial charge in [-0.25, -0.2) is 0 Å². The number of rotatable bonds is 15. The molecule has 4 nitrogen and oxygen atoms in total. The molecule has 1 N–H and O–H groups in total. The van der Waals surface area contributed by atoms with Gasteiger partial charge in [0.2, 0.25) is 0 Å². The number of hydrogen-bond acceptors (Lipinski definition) is 4. The molecule has 0 aliphatic rings. The standard InChI is InChI=1S/C18H35NO3S/c1-16(2)17(20)12-8-7-11-15-22-14-10-6-4-5-9-13-19-18(21)23-3/h16H,4-15H2,1-3H3,(H,19,21). The molecule has 0 aliphatic carbocycles. The zero-order valence-corrected chi connectivity index (χ0v) is 16.0. The van der Waals surface area contributed by atoms with Gasteiger partial charge in [0, 0.05) is 32.1 Å². The summed E-state index contributed by atoms with van der Waals surface area (Å²) in [6.45, 7) is 6.37. The number of ether oxygens (including phenoxy) is 1. The van der Waals surface area contributed by atoms with Crippen LogP contribution in [0.1, 0.15) is 71.6 Å². The van der Waals surface area contributed by atoms with Crippen molar-refractivity contribution >= 4 is 22.8 Å². The first-order valence-corrected chi connectivity index (χ1v) is 10.2. The highest BCUT2D eigenvalue weighted by atomic mass is 32.2. The Morgan fingerprint density at radius 1 is 0.913 bits per heavy atom. The Kier molecular flexibility index (Phi) is 15.9. The minimum Gasteiger partial charge on any atom is -0.381 e. The van der Waals surface area contributed by atoms with Crippen molar-refractivity contribution in [3.8, 4) is 0 Å². The lowest BCUT2D eigenvalue weighted by Gasteiger charge is -2.06. The largest absolute Gasteiger partial charge is 0.381 e. The third kappa shape index (κ3) is 16.1. The fourth-order valence-corrected chi connectivity index (χ4v) is 2.44. The number of carbonyl (C=O) groups is 2. The van der Waals surface area contributed by atoms with E-state index in [1.165, 1.54) is 31.0 Å². The molecule has 0 saturated heterocycles. The maximum absolute atomic E-state index is 11.4. The van der Waals surface area contributed by atoms with E-state index in [0.29, 0.717) is 5.78 Å². The van der Waals surface area contributed by atoms with Crippen LogP contribution in [0.2, 0.25) is 0 Å². The van der Waals surface area contributed by atoms with E-state index >= 15 is 0 Å². The number of hydrogen-bond donors (Lipinski definition) is 1. The van der Waals surface area contributed by atoms with Crippen LogP contribution in [0.4, 0.5) is 4.79 Å². The van der Waals surface area contributed by atoms with Crippen molar-refractivity contribution in [1.82, 2.24) is 5.32 Å². The van der Waals surface area contributed by atoms with Gasteiger partial charge in [0.15, 0.2) is 0 Å². The summed E-state index contributed by atoms with van der Waals surface area (Å²) in [6.07, 6.45) is 11.4. The summed E-state index contributed by atoms with van der Waals surface area (Å²) in [5.74, 6) is 0.548. The SMILES string of the molecule is CSC(=O)NCCCCCCCOCCCCCC(=O)C(C)C. The number of Topliss-reactive ketones (excluding diaryl/α,β-unsaturated/α-hetero) is 1. The fraction of sp³-hybridized carbons (Fsp3) is 0.889.